The van der Waals surface area contributed by atoms with Crippen LogP contribution in [-0.4, -0.2) is 87.2 Å². The minimum atomic E-state index is -1.76. The van der Waals surface area contributed by atoms with E-state index in [4.69, 9.17) is 8.83 Å². The molecule has 17 heteroatoms. The van der Waals surface area contributed by atoms with Gasteiger partial charge in [-0.1, -0.05) is 131 Å². The van der Waals surface area contributed by atoms with Crippen LogP contribution in [-0.2, 0) is 33.6 Å². The molecule has 8 rings (SSSR count). The molecule has 0 aliphatic heterocycles. The minimum absolute atomic E-state index is 0.00590. The zero-order valence-corrected chi connectivity index (χ0v) is 42.3. The minimum Gasteiger partial charge on any atom is -0.451 e. The van der Waals surface area contributed by atoms with Gasteiger partial charge in [-0.25, -0.2) is 0 Å². The second-order valence-electron chi connectivity index (χ2n) is 19.5. The van der Waals surface area contributed by atoms with Gasteiger partial charge in [0.1, 0.15) is 41.5 Å². The molecule has 0 bridgehead atoms. The van der Waals surface area contributed by atoms with Crippen LogP contribution in [0.15, 0.2) is 170 Å². The third-order valence-corrected chi connectivity index (χ3v) is 13.3. The van der Waals surface area contributed by atoms with E-state index in [2.05, 4.69) is 31.6 Å². The number of rotatable bonds is 21. The molecule has 8 aromatic rings. The van der Waals surface area contributed by atoms with Crippen molar-refractivity contribution in [2.24, 2.45) is 11.8 Å². The molecule has 7 atom stereocenters. The van der Waals surface area contributed by atoms with E-state index in [9.17, 15) is 43.8 Å². The van der Waals surface area contributed by atoms with E-state index in [0.29, 0.717) is 16.7 Å². The summed E-state index contributed by atoms with van der Waals surface area (Å²) in [4.78, 5) is 100. The zero-order valence-electron chi connectivity index (χ0n) is 42.3. The second kappa shape index (κ2) is 24.1. The summed E-state index contributed by atoms with van der Waals surface area (Å²) in [7, 11) is 0. The number of fused-ring (bicyclic) bond motifs is 3. The molecule has 5 amide bonds. The van der Waals surface area contributed by atoms with Crippen molar-refractivity contribution in [1.82, 2.24) is 31.6 Å². The Morgan fingerprint density at radius 2 is 0.908 bits per heavy atom. The number of aliphatic hydroxyl groups is 2. The average molecular weight is 1030 g/mol. The molecule has 5 aromatic carbocycles. The highest BCUT2D eigenvalue weighted by Gasteiger charge is 2.38. The number of para-hydroxylation sites is 3. The maximum Gasteiger partial charge on any atom is 0.287 e. The number of hydrogen-bond donors (Lipinski definition) is 8. The van der Waals surface area contributed by atoms with Crippen molar-refractivity contribution in [1.29, 1.82) is 0 Å². The Balaban J connectivity index is 1.04. The summed E-state index contributed by atoms with van der Waals surface area (Å²) >= 11 is 0. The standard InChI is InChI=1S/C59H60N6O11/c1-33(2)51(64-55(70)44(29-37-32-60-41-24-14-11-21-38(37)41)63-56(71)49-30-45(66)39-22-12-15-25-47(39)75-49)58(73)61-42(27-35-17-7-5-8-18-35)53(68)54(69)43(28-36-19-9-6-10-20-36)62-59(74)52(34(3)4)65-57(72)50-31-46(67)40-23-13-16-26-48(40)76-50/h5-26,30-34,42-44,51-54,60,68-69H,27-29H2,1-4H3,(H,61,73)(H,62,74)(H,63,71)(H,64,70)(H,65,72)/t42-,43-,44-,51-,52-,53-,54-/m0/s1. The predicted octanol–water partition coefficient (Wildman–Crippen LogP) is 5.49. The fourth-order valence-electron chi connectivity index (χ4n) is 9.20. The smallest absolute Gasteiger partial charge is 0.287 e. The molecule has 3 aromatic heterocycles. The van der Waals surface area contributed by atoms with Crippen LogP contribution < -0.4 is 37.4 Å². The van der Waals surface area contributed by atoms with Gasteiger partial charge in [-0.15, -0.1) is 0 Å². The Kier molecular flexibility index (Phi) is 17.0. The maximum absolute atomic E-state index is 14.7. The van der Waals surface area contributed by atoms with Crippen LogP contribution in [0.2, 0.25) is 0 Å². The van der Waals surface area contributed by atoms with Crippen LogP contribution in [0, 0.1) is 11.8 Å². The van der Waals surface area contributed by atoms with Crippen molar-refractivity contribution in [3.05, 3.63) is 200 Å². The van der Waals surface area contributed by atoms with E-state index in [1.54, 1.807) is 143 Å². The Morgan fingerprint density at radius 1 is 0.487 bits per heavy atom. The number of aromatic amines is 1. The number of nitrogens with one attached hydrogen (secondary N) is 6. The van der Waals surface area contributed by atoms with E-state index in [1.807, 2.05) is 24.3 Å². The fourth-order valence-corrected chi connectivity index (χ4v) is 9.20. The van der Waals surface area contributed by atoms with Crippen LogP contribution in [0.5, 0.6) is 0 Å². The lowest BCUT2D eigenvalue weighted by Crippen LogP contribution is -2.62. The molecule has 0 saturated carbocycles. The van der Waals surface area contributed by atoms with Gasteiger partial charge in [0.15, 0.2) is 22.4 Å². The van der Waals surface area contributed by atoms with Gasteiger partial charge in [-0.05, 0) is 71.7 Å². The largest absolute Gasteiger partial charge is 0.451 e. The first-order chi connectivity index (χ1) is 36.5. The molecule has 76 heavy (non-hydrogen) atoms. The molecule has 392 valence electrons. The third-order valence-electron chi connectivity index (χ3n) is 13.3. The fraction of sp³-hybridized carbons (Fsp3) is 0.271. The maximum atomic E-state index is 14.7. The van der Waals surface area contributed by atoms with Gasteiger partial charge < -0.3 is 50.6 Å². The molecule has 8 N–H and O–H groups in total. The molecular weight excluding hydrogens is 969 g/mol. The average Bonchev–Trinajstić information content (AvgIpc) is 3.83. The zero-order chi connectivity index (χ0) is 54.0. The number of aromatic nitrogens is 1. The Bertz CT molecular complexity index is 3480. The Labute approximate surface area is 437 Å². The van der Waals surface area contributed by atoms with E-state index in [1.165, 1.54) is 0 Å². The van der Waals surface area contributed by atoms with Gasteiger partial charge in [0.2, 0.25) is 17.7 Å². The summed E-state index contributed by atoms with van der Waals surface area (Å²) in [6.07, 6.45) is -1.83. The van der Waals surface area contributed by atoms with Gasteiger partial charge in [-0.3, -0.25) is 33.6 Å². The lowest BCUT2D eigenvalue weighted by atomic mass is 9.90. The highest BCUT2D eigenvalue weighted by molar-refractivity contribution is 5.99. The van der Waals surface area contributed by atoms with Crippen molar-refractivity contribution >= 4 is 62.4 Å². The number of carbonyl (C=O) groups excluding carboxylic acids is 5. The molecule has 0 spiro atoms. The van der Waals surface area contributed by atoms with Crippen LogP contribution in [0.4, 0.5) is 0 Å². The monoisotopic (exact) mass is 1030 g/mol. The Morgan fingerprint density at radius 3 is 1.39 bits per heavy atom. The van der Waals surface area contributed by atoms with E-state index >= 15 is 0 Å². The van der Waals surface area contributed by atoms with E-state index < -0.39 is 94.6 Å². The SMILES string of the molecule is CC(C)[C@H](NC(=O)c1cc(=O)c2ccccc2o1)C(=O)N[C@@H](Cc1ccccc1)[C@H](O)[C@@H](O)[C@H](Cc1ccccc1)NC(=O)[C@@H](NC(=O)[C@H](Cc1c[nH]c2ccccc12)NC(=O)c1cc(=O)c2ccccc2o1)C(C)C. The lowest BCUT2D eigenvalue weighted by molar-refractivity contribution is -0.132. The van der Waals surface area contributed by atoms with Crippen LogP contribution in [0.3, 0.4) is 0 Å². The molecule has 0 aliphatic rings. The normalized spacial score (nSPS) is 14.3. The summed E-state index contributed by atoms with van der Waals surface area (Å²) in [5, 5.41) is 39.9. The highest BCUT2D eigenvalue weighted by atomic mass is 16.4. The first kappa shape index (κ1) is 53.6. The van der Waals surface area contributed by atoms with Crippen molar-refractivity contribution in [2.45, 2.75) is 89.4 Å². The van der Waals surface area contributed by atoms with Gasteiger partial charge in [-0.2, -0.15) is 0 Å². The van der Waals surface area contributed by atoms with Gasteiger partial charge in [0.05, 0.1) is 22.9 Å². The van der Waals surface area contributed by atoms with Crippen LogP contribution in [0.1, 0.15) is 65.5 Å². The number of amides is 5. The molecular formula is C59H60N6O11. The topological polar surface area (TPSA) is 262 Å². The summed E-state index contributed by atoms with van der Waals surface area (Å²) < 4.78 is 11.6. The number of carbonyl (C=O) groups is 5. The Hall–Kier alpha value is -8.67. The number of aliphatic hydroxyl groups excluding tert-OH is 2. The summed E-state index contributed by atoms with van der Waals surface area (Å²) in [6, 6.07) is 34.1. The third kappa shape index (κ3) is 12.8. The summed E-state index contributed by atoms with van der Waals surface area (Å²) in [5.41, 5.74) is 2.31. The van der Waals surface area contributed by atoms with Gasteiger partial charge in [0.25, 0.3) is 11.8 Å². The summed E-state index contributed by atoms with van der Waals surface area (Å²) in [5.74, 6) is -5.54. The number of H-pyrrole nitrogens is 1. The van der Waals surface area contributed by atoms with E-state index in [0.717, 1.165) is 23.0 Å². The van der Waals surface area contributed by atoms with Gasteiger partial charge >= 0.3 is 0 Å². The quantitative estimate of drug-likeness (QED) is 0.0446. The lowest BCUT2D eigenvalue weighted by Gasteiger charge is -2.35. The van der Waals surface area contributed by atoms with Crippen LogP contribution in [0.25, 0.3) is 32.8 Å². The molecule has 0 unspecified atom stereocenters. The van der Waals surface area contributed by atoms with Gasteiger partial charge in [0, 0.05) is 35.7 Å². The van der Waals surface area contributed by atoms with Crippen molar-refractivity contribution in [2.75, 3.05) is 0 Å². The first-order valence-electron chi connectivity index (χ1n) is 25.1. The van der Waals surface area contributed by atoms with E-state index in [-0.39, 0.29) is 52.7 Å². The molecule has 17 nitrogen and oxygen atoms in total. The highest BCUT2D eigenvalue weighted by Crippen LogP contribution is 2.22. The molecule has 0 saturated heterocycles. The predicted molar refractivity (Wildman–Crippen MR) is 287 cm³/mol. The van der Waals surface area contributed by atoms with Crippen LogP contribution >= 0.6 is 0 Å². The molecule has 0 aliphatic carbocycles. The van der Waals surface area contributed by atoms with Crippen molar-refractivity contribution in [3.8, 4) is 0 Å². The number of hydrogen-bond acceptors (Lipinski definition) is 11. The molecule has 0 radical (unpaired) electrons. The molecule has 3 heterocycles. The van der Waals surface area contributed by atoms with Crippen molar-refractivity contribution in [3.63, 3.8) is 0 Å². The van der Waals surface area contributed by atoms with Crippen molar-refractivity contribution < 1.29 is 43.0 Å². The summed E-state index contributed by atoms with van der Waals surface area (Å²) in [6.45, 7) is 6.83. The molecule has 0 fully saturated rings. The second-order valence-corrected chi connectivity index (χ2v) is 19.5. The number of benzene rings is 5. The first-order valence-corrected chi connectivity index (χ1v) is 25.1.